The Hall–Kier alpha value is -3.88. The van der Waals surface area contributed by atoms with Crippen LogP contribution in [0.3, 0.4) is 0 Å². The lowest BCUT2D eigenvalue weighted by Gasteiger charge is -2.27. The van der Waals surface area contributed by atoms with Gasteiger partial charge in [0, 0.05) is 44.5 Å². The van der Waals surface area contributed by atoms with E-state index in [0.717, 1.165) is 18.8 Å². The molecule has 14 heteroatoms. The molecule has 2 fully saturated rings. The van der Waals surface area contributed by atoms with E-state index in [4.69, 9.17) is 4.74 Å². The Balaban J connectivity index is 1.22. The van der Waals surface area contributed by atoms with Crippen molar-refractivity contribution in [3.8, 4) is 0 Å². The van der Waals surface area contributed by atoms with Crippen LogP contribution in [-0.4, -0.2) is 67.1 Å². The van der Waals surface area contributed by atoms with Gasteiger partial charge in [0.05, 0.1) is 48.8 Å². The number of piperazine rings is 1. The van der Waals surface area contributed by atoms with Crippen LogP contribution < -0.4 is 26.3 Å². The third-order valence-corrected chi connectivity index (χ3v) is 6.25. The summed E-state index contributed by atoms with van der Waals surface area (Å²) < 4.78 is 60.9. The molecule has 0 radical (unpaired) electrons. The SMILES string of the molecule is Fc1cnc(NN=Cc2ccc(Nc3ccc(C4CNCCN4)c(C(F)(F)F)c3)cn2)nc1N1CCOCC1. The number of rotatable bonds is 7. The second kappa shape index (κ2) is 11.9. The Morgan fingerprint density at radius 2 is 1.87 bits per heavy atom. The number of halogens is 4. The lowest BCUT2D eigenvalue weighted by molar-refractivity contribution is -0.138. The number of hydrazone groups is 1. The summed E-state index contributed by atoms with van der Waals surface area (Å²) >= 11 is 0. The Bertz CT molecular complexity index is 1290. The zero-order chi connectivity index (χ0) is 27.2. The summed E-state index contributed by atoms with van der Waals surface area (Å²) in [5.41, 5.74) is 3.46. The molecular formula is C25H27F4N9O. The van der Waals surface area contributed by atoms with E-state index in [-0.39, 0.29) is 17.3 Å². The van der Waals surface area contributed by atoms with Gasteiger partial charge in [-0.1, -0.05) is 6.07 Å². The number of morpholine rings is 1. The number of benzene rings is 1. The zero-order valence-corrected chi connectivity index (χ0v) is 20.8. The molecule has 39 heavy (non-hydrogen) atoms. The highest BCUT2D eigenvalue weighted by molar-refractivity contribution is 5.78. The van der Waals surface area contributed by atoms with E-state index >= 15 is 0 Å². The molecule has 5 rings (SSSR count). The summed E-state index contributed by atoms with van der Waals surface area (Å²) in [6.07, 6.45) is -0.505. The maximum Gasteiger partial charge on any atom is 0.416 e. The zero-order valence-electron chi connectivity index (χ0n) is 20.8. The lowest BCUT2D eigenvalue weighted by atomic mass is 9.98. The van der Waals surface area contributed by atoms with Gasteiger partial charge in [0.2, 0.25) is 5.95 Å². The van der Waals surface area contributed by atoms with Gasteiger partial charge in [-0.15, -0.1) is 0 Å². The molecule has 206 valence electrons. The Labute approximate surface area is 221 Å². The largest absolute Gasteiger partial charge is 0.416 e. The highest BCUT2D eigenvalue weighted by Gasteiger charge is 2.36. The molecule has 3 aromatic rings. The number of hydrogen-bond donors (Lipinski definition) is 4. The molecule has 4 N–H and O–H groups in total. The third kappa shape index (κ3) is 6.77. The number of hydrogen-bond acceptors (Lipinski definition) is 10. The molecule has 1 aromatic carbocycles. The van der Waals surface area contributed by atoms with Crippen molar-refractivity contribution in [2.24, 2.45) is 5.10 Å². The van der Waals surface area contributed by atoms with E-state index in [1.54, 1.807) is 23.1 Å². The molecule has 0 saturated carbocycles. The van der Waals surface area contributed by atoms with E-state index in [1.807, 2.05) is 0 Å². The molecular weight excluding hydrogens is 518 g/mol. The number of alkyl halides is 3. The van der Waals surface area contributed by atoms with Crippen LogP contribution in [0.1, 0.15) is 22.9 Å². The van der Waals surface area contributed by atoms with Crippen LogP contribution in [-0.2, 0) is 10.9 Å². The van der Waals surface area contributed by atoms with Gasteiger partial charge in [-0.05, 0) is 29.8 Å². The van der Waals surface area contributed by atoms with Gasteiger partial charge < -0.3 is 25.6 Å². The van der Waals surface area contributed by atoms with Gasteiger partial charge in [0.15, 0.2) is 11.6 Å². The Kier molecular flexibility index (Phi) is 8.14. The topological polar surface area (TPSA) is 112 Å². The van der Waals surface area contributed by atoms with Crippen molar-refractivity contribution >= 4 is 29.4 Å². The van der Waals surface area contributed by atoms with Crippen molar-refractivity contribution in [2.75, 3.05) is 61.6 Å². The summed E-state index contributed by atoms with van der Waals surface area (Å²) in [4.78, 5) is 14.1. The van der Waals surface area contributed by atoms with E-state index in [1.165, 1.54) is 18.5 Å². The Morgan fingerprint density at radius 1 is 1.05 bits per heavy atom. The number of anilines is 4. The monoisotopic (exact) mass is 545 g/mol. The van der Waals surface area contributed by atoms with Crippen molar-refractivity contribution in [2.45, 2.75) is 12.2 Å². The molecule has 2 aliphatic heterocycles. The Morgan fingerprint density at radius 3 is 2.59 bits per heavy atom. The minimum atomic E-state index is -4.49. The lowest BCUT2D eigenvalue weighted by Crippen LogP contribution is -2.43. The van der Waals surface area contributed by atoms with E-state index in [2.05, 4.69) is 41.4 Å². The van der Waals surface area contributed by atoms with Crippen LogP contribution in [0.4, 0.5) is 40.7 Å². The molecule has 2 aromatic heterocycles. The van der Waals surface area contributed by atoms with Gasteiger partial charge in [-0.2, -0.15) is 23.3 Å². The quantitative estimate of drug-likeness (QED) is 0.202. The highest BCUT2D eigenvalue weighted by Crippen LogP contribution is 2.37. The summed E-state index contributed by atoms with van der Waals surface area (Å²) in [5.74, 6) is -0.237. The van der Waals surface area contributed by atoms with Gasteiger partial charge in [0.1, 0.15) is 0 Å². The molecule has 1 atom stereocenters. The molecule has 0 amide bonds. The van der Waals surface area contributed by atoms with Crippen molar-refractivity contribution in [1.29, 1.82) is 0 Å². The standard InChI is InChI=1S/C25H27F4N9O/c26-21-14-33-24(36-23(21)38-7-9-39-10-8-38)37-34-13-17-1-2-18(12-32-17)35-16-3-4-19(20(11-16)25(27,28)29)22-15-30-5-6-31-22/h1-4,11-14,22,30-31,35H,5-10,15H2,(H,33,36,37). The minimum absolute atomic E-state index is 0.121. The maximum atomic E-state index is 14.2. The molecule has 1 unspecified atom stereocenters. The van der Waals surface area contributed by atoms with Crippen LogP contribution in [0.25, 0.3) is 0 Å². The predicted octanol–water partition coefficient (Wildman–Crippen LogP) is 3.29. The van der Waals surface area contributed by atoms with Crippen LogP contribution in [0.15, 0.2) is 47.8 Å². The van der Waals surface area contributed by atoms with Crippen molar-refractivity contribution < 1.29 is 22.3 Å². The molecule has 10 nitrogen and oxygen atoms in total. The highest BCUT2D eigenvalue weighted by atomic mass is 19.4. The molecule has 0 spiro atoms. The number of aromatic nitrogens is 3. The van der Waals surface area contributed by atoms with Gasteiger partial charge in [0.25, 0.3) is 0 Å². The minimum Gasteiger partial charge on any atom is -0.378 e. The number of nitrogens with one attached hydrogen (secondary N) is 4. The summed E-state index contributed by atoms with van der Waals surface area (Å²) in [6, 6.07) is 7.14. The number of ether oxygens (including phenoxy) is 1. The van der Waals surface area contributed by atoms with Crippen molar-refractivity contribution in [3.05, 3.63) is 65.4 Å². The van der Waals surface area contributed by atoms with Crippen LogP contribution in [0.5, 0.6) is 0 Å². The molecule has 0 aliphatic carbocycles. The summed E-state index contributed by atoms with van der Waals surface area (Å²) in [6.45, 7) is 3.79. The van der Waals surface area contributed by atoms with Gasteiger partial charge in [-0.25, -0.2) is 14.8 Å². The number of nitrogens with zero attached hydrogens (tertiary/aromatic N) is 5. The first kappa shape index (κ1) is 26.7. The fraction of sp³-hybridized carbons (Fsp3) is 0.360. The molecule has 4 heterocycles. The molecule has 0 bridgehead atoms. The van der Waals surface area contributed by atoms with E-state index in [9.17, 15) is 17.6 Å². The average molecular weight is 546 g/mol. The van der Waals surface area contributed by atoms with Crippen molar-refractivity contribution in [3.63, 3.8) is 0 Å². The smallest absolute Gasteiger partial charge is 0.378 e. The summed E-state index contributed by atoms with van der Waals surface area (Å²) in [5, 5.41) is 13.3. The first-order valence-corrected chi connectivity index (χ1v) is 12.4. The van der Waals surface area contributed by atoms with Crippen LogP contribution in [0.2, 0.25) is 0 Å². The van der Waals surface area contributed by atoms with Crippen LogP contribution in [0, 0.1) is 5.82 Å². The molecule has 2 saturated heterocycles. The first-order chi connectivity index (χ1) is 18.9. The van der Waals surface area contributed by atoms with Crippen molar-refractivity contribution in [1.82, 2.24) is 25.6 Å². The fourth-order valence-electron chi connectivity index (χ4n) is 4.34. The normalized spacial score (nSPS) is 18.4. The third-order valence-electron chi connectivity index (χ3n) is 6.25. The fourth-order valence-corrected chi connectivity index (χ4v) is 4.34. The van der Waals surface area contributed by atoms with Crippen LogP contribution >= 0.6 is 0 Å². The van der Waals surface area contributed by atoms with Gasteiger partial charge >= 0.3 is 6.18 Å². The van der Waals surface area contributed by atoms with Gasteiger partial charge in [-0.3, -0.25) is 4.98 Å². The van der Waals surface area contributed by atoms with E-state index < -0.39 is 23.6 Å². The maximum absolute atomic E-state index is 14.2. The predicted molar refractivity (Wildman–Crippen MR) is 139 cm³/mol. The second-order valence-corrected chi connectivity index (χ2v) is 8.94. The van der Waals surface area contributed by atoms with E-state index in [0.29, 0.717) is 56.5 Å². The average Bonchev–Trinajstić information content (AvgIpc) is 2.95. The first-order valence-electron chi connectivity index (χ1n) is 12.4. The second-order valence-electron chi connectivity index (χ2n) is 8.94. The molecule has 2 aliphatic rings. The summed E-state index contributed by atoms with van der Waals surface area (Å²) in [7, 11) is 0. The number of pyridine rings is 1.